The molecule has 2 rings (SSSR count). The zero-order chi connectivity index (χ0) is 13.0. The minimum atomic E-state index is -0.558. The van der Waals surface area contributed by atoms with Gasteiger partial charge in [0.05, 0.1) is 20.3 Å². The molecule has 1 aromatic rings. The van der Waals surface area contributed by atoms with Crippen molar-refractivity contribution in [3.8, 4) is 5.75 Å². The lowest BCUT2D eigenvalue weighted by Gasteiger charge is -2.35. The molecule has 2 N–H and O–H groups in total. The van der Waals surface area contributed by atoms with Crippen molar-refractivity contribution in [1.82, 2.24) is 0 Å². The highest BCUT2D eigenvalue weighted by atomic mass is 16.7. The Labute approximate surface area is 108 Å². The van der Waals surface area contributed by atoms with Crippen molar-refractivity contribution in [3.05, 3.63) is 29.8 Å². The topological polar surface area (TPSA) is 53.7 Å². The van der Waals surface area contributed by atoms with E-state index in [-0.39, 0.29) is 6.04 Å². The summed E-state index contributed by atoms with van der Waals surface area (Å²) in [6, 6.07) is 7.70. The van der Waals surface area contributed by atoms with Crippen LogP contribution >= 0.6 is 0 Å². The molecule has 1 fully saturated rings. The Morgan fingerprint density at radius 1 is 1.28 bits per heavy atom. The summed E-state index contributed by atoms with van der Waals surface area (Å²) in [6.45, 7) is 3.44. The predicted molar refractivity (Wildman–Crippen MR) is 69.5 cm³/mol. The van der Waals surface area contributed by atoms with E-state index in [1.807, 2.05) is 31.2 Å². The maximum Gasteiger partial charge on any atom is 0.167 e. The fraction of sp³-hybridized carbons (Fsp3) is 0.571. The third-order valence-corrected chi connectivity index (χ3v) is 3.24. The minimum Gasteiger partial charge on any atom is -0.497 e. The van der Waals surface area contributed by atoms with Crippen LogP contribution in [0.3, 0.4) is 0 Å². The first-order chi connectivity index (χ1) is 8.63. The van der Waals surface area contributed by atoms with Gasteiger partial charge in [-0.25, -0.2) is 0 Å². The first-order valence-electron chi connectivity index (χ1n) is 6.30. The number of hydrogen-bond donors (Lipinski definition) is 1. The van der Waals surface area contributed by atoms with Crippen molar-refractivity contribution in [3.63, 3.8) is 0 Å². The van der Waals surface area contributed by atoms with Crippen LogP contribution in [-0.2, 0) is 9.47 Å². The maximum absolute atomic E-state index is 6.20. The summed E-state index contributed by atoms with van der Waals surface area (Å²) in [4.78, 5) is 0. The lowest BCUT2D eigenvalue weighted by atomic mass is 9.99. The molecule has 1 atom stereocenters. The van der Waals surface area contributed by atoms with Gasteiger partial charge in [-0.2, -0.15) is 0 Å². The summed E-state index contributed by atoms with van der Waals surface area (Å²) in [5, 5.41) is 0. The molecule has 0 amide bonds. The maximum atomic E-state index is 6.20. The largest absolute Gasteiger partial charge is 0.497 e. The third kappa shape index (κ3) is 3.22. The number of nitrogens with two attached hydrogens (primary N) is 1. The van der Waals surface area contributed by atoms with Gasteiger partial charge in [0.2, 0.25) is 0 Å². The van der Waals surface area contributed by atoms with Crippen molar-refractivity contribution < 1.29 is 14.2 Å². The smallest absolute Gasteiger partial charge is 0.167 e. The highest BCUT2D eigenvalue weighted by Crippen LogP contribution is 2.29. The molecule has 100 valence electrons. The lowest BCUT2D eigenvalue weighted by molar-refractivity contribution is -0.260. The second kappa shape index (κ2) is 5.69. The number of benzene rings is 1. The number of rotatable bonds is 4. The standard InChI is InChI=1S/C14H21NO3/c1-14(17-8-3-9-18-14)10-13(15)11-4-6-12(16-2)7-5-11/h4-7,13H,3,8-10,15H2,1-2H3. The van der Waals surface area contributed by atoms with Gasteiger partial charge >= 0.3 is 0 Å². The van der Waals surface area contributed by atoms with E-state index >= 15 is 0 Å². The van der Waals surface area contributed by atoms with Crippen LogP contribution in [0.25, 0.3) is 0 Å². The summed E-state index contributed by atoms with van der Waals surface area (Å²) in [5.74, 6) is 0.278. The lowest BCUT2D eigenvalue weighted by Crippen LogP contribution is -2.40. The molecule has 0 aromatic heterocycles. The highest BCUT2D eigenvalue weighted by molar-refractivity contribution is 5.29. The molecular weight excluding hydrogens is 230 g/mol. The molecule has 0 spiro atoms. The third-order valence-electron chi connectivity index (χ3n) is 3.24. The summed E-state index contributed by atoms with van der Waals surface area (Å²) < 4.78 is 16.5. The molecule has 1 aliphatic rings. The minimum absolute atomic E-state index is 0.0981. The Kier molecular flexibility index (Phi) is 4.22. The van der Waals surface area contributed by atoms with Gasteiger partial charge in [-0.05, 0) is 31.0 Å². The average Bonchev–Trinajstić information content (AvgIpc) is 2.39. The van der Waals surface area contributed by atoms with E-state index in [4.69, 9.17) is 19.9 Å². The van der Waals surface area contributed by atoms with Crippen molar-refractivity contribution in [2.75, 3.05) is 20.3 Å². The monoisotopic (exact) mass is 251 g/mol. The second-order valence-corrected chi connectivity index (χ2v) is 4.77. The number of methoxy groups -OCH3 is 1. The Morgan fingerprint density at radius 2 is 1.89 bits per heavy atom. The van der Waals surface area contributed by atoms with E-state index in [0.29, 0.717) is 6.42 Å². The Morgan fingerprint density at radius 3 is 2.44 bits per heavy atom. The van der Waals surface area contributed by atoms with Gasteiger partial charge in [0.1, 0.15) is 5.75 Å². The number of ether oxygens (including phenoxy) is 3. The van der Waals surface area contributed by atoms with Crippen LogP contribution in [0, 0.1) is 0 Å². The summed E-state index contributed by atoms with van der Waals surface area (Å²) >= 11 is 0. The predicted octanol–water partition coefficient (Wildman–Crippen LogP) is 2.24. The molecule has 4 nitrogen and oxygen atoms in total. The van der Waals surface area contributed by atoms with E-state index in [1.54, 1.807) is 7.11 Å². The average molecular weight is 251 g/mol. The first kappa shape index (κ1) is 13.3. The van der Waals surface area contributed by atoms with E-state index in [9.17, 15) is 0 Å². The molecule has 1 aromatic carbocycles. The molecule has 0 radical (unpaired) electrons. The highest BCUT2D eigenvalue weighted by Gasteiger charge is 2.31. The normalized spacial score (nSPS) is 20.4. The summed E-state index contributed by atoms with van der Waals surface area (Å²) in [5.41, 5.74) is 7.27. The van der Waals surface area contributed by atoms with Gasteiger partial charge < -0.3 is 19.9 Å². The van der Waals surface area contributed by atoms with Crippen molar-refractivity contribution in [2.45, 2.75) is 31.6 Å². The summed E-state index contributed by atoms with van der Waals surface area (Å²) in [7, 11) is 1.65. The quantitative estimate of drug-likeness (QED) is 0.891. The molecule has 0 aliphatic carbocycles. The van der Waals surface area contributed by atoms with Crippen molar-refractivity contribution in [2.24, 2.45) is 5.73 Å². The van der Waals surface area contributed by atoms with Gasteiger partial charge in [-0.3, -0.25) is 0 Å². The van der Waals surface area contributed by atoms with Crippen molar-refractivity contribution in [1.29, 1.82) is 0 Å². The van der Waals surface area contributed by atoms with Gasteiger partial charge in [0, 0.05) is 12.5 Å². The van der Waals surface area contributed by atoms with E-state index in [0.717, 1.165) is 30.9 Å². The van der Waals surface area contributed by atoms with Crippen LogP contribution in [0.15, 0.2) is 24.3 Å². The molecule has 1 saturated heterocycles. The SMILES string of the molecule is COc1ccc(C(N)CC2(C)OCCCO2)cc1. The van der Waals surface area contributed by atoms with Crippen LogP contribution in [0.1, 0.15) is 31.4 Å². The van der Waals surface area contributed by atoms with Crippen LogP contribution < -0.4 is 10.5 Å². The van der Waals surface area contributed by atoms with Crippen LogP contribution in [0.5, 0.6) is 5.75 Å². The zero-order valence-corrected chi connectivity index (χ0v) is 11.0. The molecule has 1 unspecified atom stereocenters. The van der Waals surface area contributed by atoms with E-state index < -0.39 is 5.79 Å². The molecule has 4 heteroatoms. The molecular formula is C14H21NO3. The van der Waals surface area contributed by atoms with E-state index in [2.05, 4.69) is 0 Å². The molecule has 0 saturated carbocycles. The zero-order valence-electron chi connectivity index (χ0n) is 11.0. The number of hydrogen-bond acceptors (Lipinski definition) is 4. The molecule has 1 heterocycles. The van der Waals surface area contributed by atoms with Crippen LogP contribution in [-0.4, -0.2) is 26.1 Å². The van der Waals surface area contributed by atoms with Crippen molar-refractivity contribution >= 4 is 0 Å². The Bertz CT molecular complexity index is 371. The Balaban J connectivity index is 1.99. The van der Waals surface area contributed by atoms with Gasteiger partial charge in [0.25, 0.3) is 0 Å². The van der Waals surface area contributed by atoms with Gasteiger partial charge in [0.15, 0.2) is 5.79 Å². The molecule has 0 bridgehead atoms. The fourth-order valence-corrected chi connectivity index (χ4v) is 2.16. The van der Waals surface area contributed by atoms with Crippen LogP contribution in [0.2, 0.25) is 0 Å². The Hall–Kier alpha value is -1.10. The van der Waals surface area contributed by atoms with Gasteiger partial charge in [-0.15, -0.1) is 0 Å². The molecule has 1 aliphatic heterocycles. The fourth-order valence-electron chi connectivity index (χ4n) is 2.16. The summed E-state index contributed by atoms with van der Waals surface area (Å²) in [6.07, 6.45) is 1.60. The first-order valence-corrected chi connectivity index (χ1v) is 6.30. The van der Waals surface area contributed by atoms with Gasteiger partial charge in [-0.1, -0.05) is 12.1 Å². The second-order valence-electron chi connectivity index (χ2n) is 4.77. The van der Waals surface area contributed by atoms with Crippen LogP contribution in [0.4, 0.5) is 0 Å². The van der Waals surface area contributed by atoms with E-state index in [1.165, 1.54) is 0 Å². The molecule has 18 heavy (non-hydrogen) atoms.